The van der Waals surface area contributed by atoms with E-state index < -0.39 is 5.92 Å². The molecule has 2 aromatic carbocycles. The monoisotopic (exact) mass is 393 g/mol. The fourth-order valence-electron chi connectivity index (χ4n) is 3.96. The first-order valence-electron chi connectivity index (χ1n) is 9.62. The number of hydrogen-bond donors (Lipinski definition) is 1. The van der Waals surface area contributed by atoms with Crippen LogP contribution in [0.5, 0.6) is 5.75 Å². The molecule has 7 nitrogen and oxygen atoms in total. The number of carbonyl (C=O) groups excluding carboxylic acids is 3. The van der Waals surface area contributed by atoms with Crippen LogP contribution < -0.4 is 19.9 Å². The summed E-state index contributed by atoms with van der Waals surface area (Å²) < 4.78 is 5.17. The number of methoxy groups -OCH3 is 1. The zero-order chi connectivity index (χ0) is 20.5. The lowest BCUT2D eigenvalue weighted by Gasteiger charge is -2.19. The second kappa shape index (κ2) is 7.58. The third-order valence-corrected chi connectivity index (χ3v) is 5.48. The highest BCUT2D eigenvalue weighted by molar-refractivity contribution is 6.04. The number of benzene rings is 2. The maximum Gasteiger partial charge on any atom is 0.229 e. The van der Waals surface area contributed by atoms with Gasteiger partial charge < -0.3 is 19.9 Å². The highest BCUT2D eigenvalue weighted by atomic mass is 16.5. The second-order valence-corrected chi connectivity index (χ2v) is 7.36. The molecular formula is C22H23N3O4. The molecule has 1 N–H and O–H groups in total. The van der Waals surface area contributed by atoms with Gasteiger partial charge in [-0.3, -0.25) is 14.4 Å². The average molecular weight is 393 g/mol. The molecule has 4 rings (SSSR count). The van der Waals surface area contributed by atoms with E-state index in [9.17, 15) is 14.4 Å². The van der Waals surface area contributed by atoms with Gasteiger partial charge >= 0.3 is 0 Å². The van der Waals surface area contributed by atoms with E-state index in [2.05, 4.69) is 5.32 Å². The van der Waals surface area contributed by atoms with Crippen LogP contribution in [0.4, 0.5) is 17.1 Å². The Bertz CT molecular complexity index is 988. The topological polar surface area (TPSA) is 79.0 Å². The molecule has 150 valence electrons. The number of rotatable bonds is 4. The van der Waals surface area contributed by atoms with Gasteiger partial charge in [-0.15, -0.1) is 0 Å². The molecule has 7 heteroatoms. The van der Waals surface area contributed by atoms with E-state index in [1.54, 1.807) is 48.1 Å². The number of carbonyl (C=O) groups is 3. The third-order valence-electron chi connectivity index (χ3n) is 5.48. The van der Waals surface area contributed by atoms with Gasteiger partial charge in [-0.25, -0.2) is 0 Å². The van der Waals surface area contributed by atoms with Crippen molar-refractivity contribution in [2.45, 2.75) is 19.8 Å². The first-order chi connectivity index (χ1) is 14.0. The molecule has 1 fully saturated rings. The highest BCUT2D eigenvalue weighted by Crippen LogP contribution is 2.34. The Kier molecular flexibility index (Phi) is 4.96. The zero-order valence-corrected chi connectivity index (χ0v) is 16.5. The third kappa shape index (κ3) is 3.68. The summed E-state index contributed by atoms with van der Waals surface area (Å²) in [6, 6.07) is 12.8. The van der Waals surface area contributed by atoms with Crippen molar-refractivity contribution in [1.29, 1.82) is 0 Å². The molecule has 0 spiro atoms. The van der Waals surface area contributed by atoms with E-state index in [0.29, 0.717) is 24.5 Å². The van der Waals surface area contributed by atoms with Crippen LogP contribution in [0.25, 0.3) is 0 Å². The molecule has 3 amide bonds. The van der Waals surface area contributed by atoms with Crippen LogP contribution in [0.1, 0.15) is 18.9 Å². The van der Waals surface area contributed by atoms with E-state index >= 15 is 0 Å². The summed E-state index contributed by atoms with van der Waals surface area (Å²) in [4.78, 5) is 40.4. The zero-order valence-electron chi connectivity index (χ0n) is 16.5. The molecule has 0 radical (unpaired) electrons. The lowest BCUT2D eigenvalue weighted by molar-refractivity contribution is -0.122. The van der Waals surface area contributed by atoms with Crippen LogP contribution in [0.2, 0.25) is 0 Å². The summed E-state index contributed by atoms with van der Waals surface area (Å²) in [6.07, 6.45) is 0.941. The second-order valence-electron chi connectivity index (χ2n) is 7.36. The number of nitrogens with zero attached hydrogens (tertiary/aromatic N) is 2. The fraction of sp³-hybridized carbons (Fsp3) is 0.318. The van der Waals surface area contributed by atoms with Gasteiger partial charge in [-0.1, -0.05) is 6.07 Å². The standard InChI is InChI=1S/C22H23N3O4/c1-14(26)24-9-8-15-10-18(6-7-20(15)24)25-13-16(11-21(25)27)22(28)23-17-4-3-5-19(12-17)29-2/h3-7,10,12,16H,8-9,11,13H2,1-2H3,(H,23,28). The first-order valence-corrected chi connectivity index (χ1v) is 9.62. The van der Waals surface area contributed by atoms with Crippen molar-refractivity contribution in [2.24, 2.45) is 5.92 Å². The molecule has 1 unspecified atom stereocenters. The van der Waals surface area contributed by atoms with Gasteiger partial charge in [0, 0.05) is 49.6 Å². The van der Waals surface area contributed by atoms with Crippen LogP contribution in [0.3, 0.4) is 0 Å². The van der Waals surface area contributed by atoms with E-state index in [4.69, 9.17) is 4.74 Å². The van der Waals surface area contributed by atoms with Crippen molar-refractivity contribution in [3.05, 3.63) is 48.0 Å². The Morgan fingerprint density at radius 1 is 1.17 bits per heavy atom. The molecule has 0 saturated carbocycles. The van der Waals surface area contributed by atoms with E-state index in [0.717, 1.165) is 23.4 Å². The molecule has 1 atom stereocenters. The van der Waals surface area contributed by atoms with Gasteiger partial charge in [-0.2, -0.15) is 0 Å². The number of anilines is 3. The number of fused-ring (bicyclic) bond motifs is 1. The molecule has 0 aliphatic carbocycles. The summed E-state index contributed by atoms with van der Waals surface area (Å²) >= 11 is 0. The average Bonchev–Trinajstić information content (AvgIpc) is 3.31. The molecule has 2 heterocycles. The minimum atomic E-state index is -0.421. The summed E-state index contributed by atoms with van der Waals surface area (Å²) in [5, 5.41) is 2.87. The quantitative estimate of drug-likeness (QED) is 0.866. The van der Waals surface area contributed by atoms with E-state index in [1.165, 1.54) is 0 Å². The Morgan fingerprint density at radius 2 is 2.00 bits per heavy atom. The summed E-state index contributed by atoms with van der Waals surface area (Å²) in [5.41, 5.74) is 3.37. The van der Waals surface area contributed by atoms with Gasteiger partial charge in [0.05, 0.1) is 13.0 Å². The molecule has 0 bridgehead atoms. The Labute approximate surface area is 169 Å². The van der Waals surface area contributed by atoms with Gasteiger partial charge in [0.1, 0.15) is 5.75 Å². The molecule has 1 saturated heterocycles. The predicted molar refractivity (Wildman–Crippen MR) is 110 cm³/mol. The number of ether oxygens (including phenoxy) is 1. The van der Waals surface area contributed by atoms with Crippen LogP contribution in [-0.4, -0.2) is 37.9 Å². The smallest absolute Gasteiger partial charge is 0.229 e. The molecule has 2 aliphatic heterocycles. The predicted octanol–water partition coefficient (Wildman–Crippen LogP) is 2.60. The first kappa shape index (κ1) is 19.0. The summed E-state index contributed by atoms with van der Waals surface area (Å²) in [7, 11) is 1.57. The number of amides is 3. The minimum absolute atomic E-state index is 0.0167. The van der Waals surface area contributed by atoms with Gasteiger partial charge in [0.2, 0.25) is 17.7 Å². The molecule has 2 aliphatic rings. The largest absolute Gasteiger partial charge is 0.497 e. The number of hydrogen-bond acceptors (Lipinski definition) is 4. The highest BCUT2D eigenvalue weighted by Gasteiger charge is 2.36. The lowest BCUT2D eigenvalue weighted by atomic mass is 10.1. The molecule has 0 aromatic heterocycles. The van der Waals surface area contributed by atoms with Crippen LogP contribution in [0.15, 0.2) is 42.5 Å². The summed E-state index contributed by atoms with van der Waals surface area (Å²) in [6.45, 7) is 2.55. The van der Waals surface area contributed by atoms with Crippen molar-refractivity contribution in [3.8, 4) is 5.75 Å². The van der Waals surface area contributed by atoms with Crippen molar-refractivity contribution < 1.29 is 19.1 Å². The lowest BCUT2D eigenvalue weighted by Crippen LogP contribution is -2.28. The van der Waals surface area contributed by atoms with Gasteiger partial charge in [0.25, 0.3) is 0 Å². The van der Waals surface area contributed by atoms with Crippen molar-refractivity contribution >= 4 is 34.8 Å². The molecular weight excluding hydrogens is 370 g/mol. The minimum Gasteiger partial charge on any atom is -0.497 e. The molecule has 2 aromatic rings. The SMILES string of the molecule is COc1cccc(NC(=O)C2CC(=O)N(c3ccc4c(c3)CCN4C(C)=O)C2)c1. The Morgan fingerprint density at radius 3 is 2.76 bits per heavy atom. The maximum atomic E-state index is 12.7. The van der Waals surface area contributed by atoms with Crippen molar-refractivity contribution in [1.82, 2.24) is 0 Å². The van der Waals surface area contributed by atoms with Crippen molar-refractivity contribution in [3.63, 3.8) is 0 Å². The normalized spacial score (nSPS) is 18.0. The van der Waals surface area contributed by atoms with Crippen LogP contribution in [-0.2, 0) is 20.8 Å². The maximum absolute atomic E-state index is 12.7. The Hall–Kier alpha value is -3.35. The van der Waals surface area contributed by atoms with Gasteiger partial charge in [-0.05, 0) is 42.3 Å². The molecule has 29 heavy (non-hydrogen) atoms. The fourth-order valence-corrected chi connectivity index (χ4v) is 3.96. The number of nitrogens with one attached hydrogen (secondary N) is 1. The van der Waals surface area contributed by atoms with E-state index in [1.807, 2.05) is 18.2 Å². The van der Waals surface area contributed by atoms with Crippen molar-refractivity contribution in [2.75, 3.05) is 35.3 Å². The summed E-state index contributed by atoms with van der Waals surface area (Å²) in [5.74, 6) is -0.00134. The Balaban J connectivity index is 1.47. The van der Waals surface area contributed by atoms with Crippen LogP contribution in [0, 0.1) is 5.92 Å². The van der Waals surface area contributed by atoms with Gasteiger partial charge in [0.15, 0.2) is 0 Å². The van der Waals surface area contributed by atoms with Crippen LogP contribution >= 0.6 is 0 Å². The van der Waals surface area contributed by atoms with E-state index in [-0.39, 0.29) is 24.1 Å².